The first-order valence-electron chi connectivity index (χ1n) is 5.44. The number of nitrogens with zero attached hydrogens (tertiary/aromatic N) is 1. The van der Waals surface area contributed by atoms with E-state index in [-0.39, 0.29) is 11.3 Å². The lowest BCUT2D eigenvalue weighted by Crippen LogP contribution is -2.32. The van der Waals surface area contributed by atoms with Crippen molar-refractivity contribution in [2.75, 3.05) is 12.3 Å². The Kier molecular flexibility index (Phi) is 3.61. The van der Waals surface area contributed by atoms with Crippen molar-refractivity contribution in [1.82, 2.24) is 10.3 Å². The quantitative estimate of drug-likeness (QED) is 0.888. The Hall–Kier alpha value is -0.460. The lowest BCUT2D eigenvalue weighted by Gasteiger charge is -2.14. The molecule has 16 heavy (non-hydrogen) atoms. The molecule has 2 rings (SSSR count). The molecule has 0 spiro atoms. The van der Waals surface area contributed by atoms with Crippen LogP contribution >= 0.6 is 11.3 Å². The maximum Gasteiger partial charge on any atom is 0.154 e. The van der Waals surface area contributed by atoms with Gasteiger partial charge in [-0.3, -0.25) is 0 Å². The molecule has 6 heteroatoms. The van der Waals surface area contributed by atoms with Crippen LogP contribution in [0.1, 0.15) is 30.8 Å². The van der Waals surface area contributed by atoms with Gasteiger partial charge in [0.2, 0.25) is 0 Å². The minimum Gasteiger partial charge on any atom is -0.307 e. The van der Waals surface area contributed by atoms with Crippen LogP contribution in [0.15, 0.2) is 11.6 Å². The molecular formula is C10H16N2O2S2. The Morgan fingerprint density at radius 2 is 2.50 bits per heavy atom. The molecule has 0 aliphatic carbocycles. The molecule has 1 saturated heterocycles. The largest absolute Gasteiger partial charge is 0.307 e. The lowest BCUT2D eigenvalue weighted by molar-refractivity contribution is 0.537. The first-order valence-corrected chi connectivity index (χ1v) is 8.03. The highest BCUT2D eigenvalue weighted by Gasteiger charge is 2.31. The van der Waals surface area contributed by atoms with Gasteiger partial charge in [-0.1, -0.05) is 0 Å². The summed E-state index contributed by atoms with van der Waals surface area (Å²) in [6.45, 7) is 2.56. The molecule has 4 nitrogen and oxygen atoms in total. The third-order valence-corrected chi connectivity index (χ3v) is 6.17. The summed E-state index contributed by atoms with van der Waals surface area (Å²) in [5, 5.41) is 5.99. The Labute approximate surface area is 100 Å². The predicted octanol–water partition coefficient (Wildman–Crippen LogP) is 1.37. The Morgan fingerprint density at radius 3 is 3.06 bits per heavy atom. The van der Waals surface area contributed by atoms with Gasteiger partial charge in [-0.2, -0.15) is 0 Å². The number of hydrogen-bond acceptors (Lipinski definition) is 5. The summed E-state index contributed by atoms with van der Waals surface area (Å²) in [4.78, 5) is 4.20. The molecule has 2 atom stereocenters. The van der Waals surface area contributed by atoms with Gasteiger partial charge in [-0.15, -0.1) is 11.3 Å². The number of rotatable bonds is 4. The smallest absolute Gasteiger partial charge is 0.154 e. The van der Waals surface area contributed by atoms with E-state index in [0.717, 1.165) is 17.8 Å². The van der Waals surface area contributed by atoms with Gasteiger partial charge in [0.15, 0.2) is 9.84 Å². The van der Waals surface area contributed by atoms with E-state index in [1.165, 1.54) is 0 Å². The van der Waals surface area contributed by atoms with Crippen LogP contribution in [0.4, 0.5) is 0 Å². The molecule has 0 saturated carbocycles. The normalized spacial score (nSPS) is 25.7. The SMILES string of the molecule is CC(NCC1CCCS1(=O)=O)c1nccs1. The lowest BCUT2D eigenvalue weighted by atomic mass is 10.2. The fourth-order valence-electron chi connectivity index (χ4n) is 1.93. The highest BCUT2D eigenvalue weighted by molar-refractivity contribution is 7.92. The molecule has 1 aromatic heterocycles. The van der Waals surface area contributed by atoms with Crippen LogP contribution in [-0.2, 0) is 9.84 Å². The van der Waals surface area contributed by atoms with Gasteiger partial charge in [0.05, 0.1) is 17.0 Å². The third kappa shape index (κ3) is 2.61. The van der Waals surface area contributed by atoms with Crippen molar-refractivity contribution in [2.45, 2.75) is 31.1 Å². The molecule has 0 aromatic carbocycles. The average Bonchev–Trinajstić information content (AvgIpc) is 2.83. The number of hydrogen-bond donors (Lipinski definition) is 1. The van der Waals surface area contributed by atoms with Gasteiger partial charge < -0.3 is 5.32 Å². The van der Waals surface area contributed by atoms with Gasteiger partial charge in [0, 0.05) is 18.1 Å². The highest BCUT2D eigenvalue weighted by atomic mass is 32.2. The molecule has 2 unspecified atom stereocenters. The van der Waals surface area contributed by atoms with Crippen LogP contribution in [0.2, 0.25) is 0 Å². The molecule has 1 N–H and O–H groups in total. The number of thiazole rings is 1. The summed E-state index contributed by atoms with van der Waals surface area (Å²) < 4.78 is 23.2. The molecular weight excluding hydrogens is 244 g/mol. The van der Waals surface area contributed by atoms with Crippen LogP contribution in [0.25, 0.3) is 0 Å². The minimum atomic E-state index is -2.83. The number of sulfone groups is 1. The van der Waals surface area contributed by atoms with Gasteiger partial charge in [0.25, 0.3) is 0 Å². The summed E-state index contributed by atoms with van der Waals surface area (Å²) in [5.41, 5.74) is 0. The fourth-order valence-corrected chi connectivity index (χ4v) is 4.38. The van der Waals surface area contributed by atoms with E-state index >= 15 is 0 Å². The van der Waals surface area contributed by atoms with E-state index in [2.05, 4.69) is 10.3 Å². The van der Waals surface area contributed by atoms with Gasteiger partial charge in [0.1, 0.15) is 5.01 Å². The van der Waals surface area contributed by atoms with E-state index in [0.29, 0.717) is 12.3 Å². The van der Waals surface area contributed by atoms with E-state index in [9.17, 15) is 8.42 Å². The maximum atomic E-state index is 11.6. The minimum absolute atomic E-state index is 0.135. The number of aromatic nitrogens is 1. The summed E-state index contributed by atoms with van der Waals surface area (Å²) in [6.07, 6.45) is 3.37. The van der Waals surface area contributed by atoms with Crippen LogP contribution in [0.5, 0.6) is 0 Å². The van der Waals surface area contributed by atoms with Crippen molar-refractivity contribution in [3.05, 3.63) is 16.6 Å². The van der Waals surface area contributed by atoms with Crippen molar-refractivity contribution < 1.29 is 8.42 Å². The van der Waals surface area contributed by atoms with Crippen molar-refractivity contribution >= 4 is 21.2 Å². The van der Waals surface area contributed by atoms with Crippen molar-refractivity contribution in [1.29, 1.82) is 0 Å². The second kappa shape index (κ2) is 4.81. The van der Waals surface area contributed by atoms with Crippen LogP contribution < -0.4 is 5.32 Å². The monoisotopic (exact) mass is 260 g/mol. The first-order chi connectivity index (χ1) is 7.59. The zero-order valence-electron chi connectivity index (χ0n) is 9.22. The second-order valence-corrected chi connectivity index (χ2v) is 7.46. The van der Waals surface area contributed by atoms with E-state index in [4.69, 9.17) is 0 Å². The zero-order chi connectivity index (χ0) is 11.6. The molecule has 1 aliphatic heterocycles. The molecule has 1 aromatic rings. The summed E-state index contributed by atoms with van der Waals surface area (Å²) in [7, 11) is -2.83. The third-order valence-electron chi connectivity index (χ3n) is 2.94. The standard InChI is InChI=1S/C10H16N2O2S2/c1-8(10-11-4-5-15-10)12-7-9-3-2-6-16(9,13)14/h4-5,8-9,12H,2-3,6-7H2,1H3. The van der Waals surface area contributed by atoms with Crippen molar-refractivity contribution in [3.63, 3.8) is 0 Å². The van der Waals surface area contributed by atoms with Crippen molar-refractivity contribution in [3.8, 4) is 0 Å². The van der Waals surface area contributed by atoms with E-state index in [1.807, 2.05) is 12.3 Å². The fraction of sp³-hybridized carbons (Fsp3) is 0.700. The summed E-state index contributed by atoms with van der Waals surface area (Å²) >= 11 is 1.59. The molecule has 1 aliphatic rings. The summed E-state index contributed by atoms with van der Waals surface area (Å²) in [6, 6.07) is 0.135. The van der Waals surface area contributed by atoms with E-state index in [1.54, 1.807) is 17.5 Å². The Morgan fingerprint density at radius 1 is 1.69 bits per heavy atom. The van der Waals surface area contributed by atoms with Crippen molar-refractivity contribution in [2.24, 2.45) is 0 Å². The van der Waals surface area contributed by atoms with Crippen LogP contribution in [0.3, 0.4) is 0 Å². The average molecular weight is 260 g/mol. The molecule has 2 heterocycles. The second-order valence-electron chi connectivity index (χ2n) is 4.13. The molecule has 90 valence electrons. The zero-order valence-corrected chi connectivity index (χ0v) is 10.9. The Balaban J connectivity index is 1.88. The van der Waals surface area contributed by atoms with Gasteiger partial charge >= 0.3 is 0 Å². The topological polar surface area (TPSA) is 59.1 Å². The molecule has 0 radical (unpaired) electrons. The Bertz CT molecular complexity index is 428. The molecule has 1 fully saturated rings. The molecule has 0 amide bonds. The molecule has 0 bridgehead atoms. The predicted molar refractivity (Wildman–Crippen MR) is 65.3 cm³/mol. The first kappa shape index (κ1) is 12.0. The van der Waals surface area contributed by atoms with Gasteiger partial charge in [-0.25, -0.2) is 13.4 Å². The van der Waals surface area contributed by atoms with Gasteiger partial charge in [-0.05, 0) is 19.8 Å². The number of nitrogens with one attached hydrogen (secondary N) is 1. The summed E-state index contributed by atoms with van der Waals surface area (Å²) in [5.74, 6) is 0.352. The van der Waals surface area contributed by atoms with Crippen LogP contribution in [0, 0.1) is 0 Å². The van der Waals surface area contributed by atoms with E-state index < -0.39 is 9.84 Å². The maximum absolute atomic E-state index is 11.6. The van der Waals surface area contributed by atoms with Crippen LogP contribution in [-0.4, -0.2) is 30.9 Å². The highest BCUT2D eigenvalue weighted by Crippen LogP contribution is 2.21.